The Balaban J connectivity index is 1.75. The molecule has 1 aliphatic heterocycles. The highest BCUT2D eigenvalue weighted by Crippen LogP contribution is 2.12. The first-order chi connectivity index (χ1) is 9.28. The maximum atomic E-state index is 5.68. The summed E-state index contributed by atoms with van der Waals surface area (Å²) in [6.07, 6.45) is 3.82. The maximum absolute atomic E-state index is 5.68. The molecule has 6 heteroatoms. The van der Waals surface area contributed by atoms with Crippen molar-refractivity contribution in [2.45, 2.75) is 26.2 Å². The molecule has 0 atom stereocenters. The van der Waals surface area contributed by atoms with E-state index < -0.39 is 0 Å². The Kier molecular flexibility index (Phi) is 5.20. The van der Waals surface area contributed by atoms with Crippen LogP contribution in [0.3, 0.4) is 0 Å². The second-order valence-corrected chi connectivity index (χ2v) is 4.86. The highest BCUT2D eigenvalue weighted by molar-refractivity contribution is 5.50. The number of hydrogen-bond donors (Lipinski definition) is 3. The van der Waals surface area contributed by atoms with Crippen LogP contribution < -0.4 is 16.4 Å². The summed E-state index contributed by atoms with van der Waals surface area (Å²) in [4.78, 5) is 10.8. The average molecular weight is 264 g/mol. The number of hydrogen-bond acceptors (Lipinski definition) is 6. The van der Waals surface area contributed by atoms with Gasteiger partial charge in [0.2, 0.25) is 5.95 Å². The quantitative estimate of drug-likeness (QED) is 0.646. The van der Waals surface area contributed by atoms with E-state index in [1.165, 1.54) is 25.9 Å². The Bertz CT molecular complexity index is 389. The van der Waals surface area contributed by atoms with Crippen molar-refractivity contribution in [3.8, 4) is 0 Å². The van der Waals surface area contributed by atoms with Crippen molar-refractivity contribution in [2.24, 2.45) is 0 Å². The van der Waals surface area contributed by atoms with Gasteiger partial charge < -0.3 is 21.3 Å². The van der Waals surface area contributed by atoms with Crippen LogP contribution in [0.15, 0.2) is 6.07 Å². The van der Waals surface area contributed by atoms with Gasteiger partial charge in [0.05, 0.1) is 0 Å². The average Bonchev–Trinajstić information content (AvgIpc) is 2.87. The van der Waals surface area contributed by atoms with Crippen molar-refractivity contribution in [2.75, 3.05) is 49.1 Å². The molecule has 1 aromatic heterocycles. The second kappa shape index (κ2) is 7.13. The lowest BCUT2D eigenvalue weighted by Gasteiger charge is -2.14. The van der Waals surface area contributed by atoms with E-state index in [4.69, 9.17) is 5.73 Å². The molecule has 0 unspecified atom stereocenters. The molecule has 1 saturated heterocycles. The van der Waals surface area contributed by atoms with Crippen LogP contribution in [0.2, 0.25) is 0 Å². The fourth-order valence-corrected chi connectivity index (χ4v) is 2.35. The van der Waals surface area contributed by atoms with Gasteiger partial charge in [-0.3, -0.25) is 0 Å². The summed E-state index contributed by atoms with van der Waals surface area (Å²) >= 11 is 0. The van der Waals surface area contributed by atoms with E-state index in [0.717, 1.165) is 37.7 Å². The Labute approximate surface area is 114 Å². The van der Waals surface area contributed by atoms with Crippen LogP contribution in [0.25, 0.3) is 0 Å². The van der Waals surface area contributed by atoms with Crippen molar-refractivity contribution in [1.82, 2.24) is 14.9 Å². The molecule has 4 N–H and O–H groups in total. The van der Waals surface area contributed by atoms with E-state index in [9.17, 15) is 0 Å². The number of nitrogen functional groups attached to an aromatic ring is 1. The lowest BCUT2D eigenvalue weighted by atomic mass is 10.4. The first-order valence-corrected chi connectivity index (χ1v) is 7.12. The predicted molar refractivity (Wildman–Crippen MR) is 79.4 cm³/mol. The van der Waals surface area contributed by atoms with E-state index in [1.54, 1.807) is 0 Å². The molecule has 0 aromatic carbocycles. The number of anilines is 3. The van der Waals surface area contributed by atoms with Gasteiger partial charge in [0.1, 0.15) is 11.6 Å². The van der Waals surface area contributed by atoms with Gasteiger partial charge in [0.25, 0.3) is 0 Å². The van der Waals surface area contributed by atoms with Gasteiger partial charge in [-0.2, -0.15) is 9.97 Å². The van der Waals surface area contributed by atoms with Crippen molar-refractivity contribution in [1.29, 1.82) is 0 Å². The van der Waals surface area contributed by atoms with Gasteiger partial charge in [0, 0.05) is 19.2 Å². The molecule has 1 fully saturated rings. The first-order valence-electron chi connectivity index (χ1n) is 7.12. The van der Waals surface area contributed by atoms with Crippen molar-refractivity contribution >= 4 is 17.6 Å². The molecule has 1 aromatic rings. The minimum atomic E-state index is 0.306. The zero-order valence-electron chi connectivity index (χ0n) is 11.7. The fraction of sp³-hybridized carbons (Fsp3) is 0.692. The summed E-state index contributed by atoms with van der Waals surface area (Å²) in [5.74, 6) is 1.88. The Morgan fingerprint density at radius 3 is 2.58 bits per heavy atom. The van der Waals surface area contributed by atoms with Crippen LogP contribution >= 0.6 is 0 Å². The Morgan fingerprint density at radius 1 is 1.21 bits per heavy atom. The minimum absolute atomic E-state index is 0.306. The summed E-state index contributed by atoms with van der Waals surface area (Å²) in [7, 11) is 0. The van der Waals surface area contributed by atoms with Gasteiger partial charge in [-0.05, 0) is 45.8 Å². The summed E-state index contributed by atoms with van der Waals surface area (Å²) < 4.78 is 0. The van der Waals surface area contributed by atoms with E-state index in [1.807, 2.05) is 13.0 Å². The molecule has 1 aliphatic rings. The van der Waals surface area contributed by atoms with Crippen LogP contribution in [0, 0.1) is 0 Å². The van der Waals surface area contributed by atoms with Gasteiger partial charge >= 0.3 is 0 Å². The van der Waals surface area contributed by atoms with Gasteiger partial charge in [-0.25, -0.2) is 0 Å². The minimum Gasteiger partial charge on any atom is -0.370 e. The number of rotatable bonds is 7. The van der Waals surface area contributed by atoms with Crippen molar-refractivity contribution in [3.05, 3.63) is 6.07 Å². The zero-order valence-corrected chi connectivity index (χ0v) is 11.7. The smallest absolute Gasteiger partial charge is 0.223 e. The highest BCUT2D eigenvalue weighted by Gasteiger charge is 2.10. The fourth-order valence-electron chi connectivity index (χ4n) is 2.35. The van der Waals surface area contributed by atoms with Gasteiger partial charge in [-0.15, -0.1) is 0 Å². The van der Waals surface area contributed by atoms with E-state index >= 15 is 0 Å². The van der Waals surface area contributed by atoms with E-state index in [-0.39, 0.29) is 0 Å². The zero-order chi connectivity index (χ0) is 13.5. The van der Waals surface area contributed by atoms with E-state index in [2.05, 4.69) is 25.5 Å². The van der Waals surface area contributed by atoms with Crippen LogP contribution in [-0.4, -0.2) is 47.6 Å². The predicted octanol–water partition coefficient (Wildman–Crippen LogP) is 1.39. The molecule has 0 amide bonds. The lowest BCUT2D eigenvalue weighted by Crippen LogP contribution is -2.22. The second-order valence-electron chi connectivity index (χ2n) is 4.86. The maximum Gasteiger partial charge on any atom is 0.223 e. The molecule has 106 valence electrons. The number of nitrogens with zero attached hydrogens (tertiary/aromatic N) is 3. The number of aromatic nitrogens is 2. The van der Waals surface area contributed by atoms with Crippen LogP contribution in [0.1, 0.15) is 26.2 Å². The summed E-state index contributed by atoms with van der Waals surface area (Å²) in [6.45, 7) is 7.44. The largest absolute Gasteiger partial charge is 0.370 e. The Hall–Kier alpha value is -1.56. The summed E-state index contributed by atoms with van der Waals surface area (Å²) in [6, 6.07) is 1.90. The van der Waals surface area contributed by atoms with Crippen LogP contribution in [0.4, 0.5) is 17.6 Å². The van der Waals surface area contributed by atoms with Crippen LogP contribution in [-0.2, 0) is 0 Å². The standard InChI is InChI=1S/C13H24N6/c1-2-15-11-10-12(18-13(14)17-11)16-6-5-9-19-7-3-4-8-19/h10H,2-9H2,1H3,(H4,14,15,16,17,18). The highest BCUT2D eigenvalue weighted by atomic mass is 15.1. The summed E-state index contributed by atoms with van der Waals surface area (Å²) in [5.41, 5.74) is 5.68. The monoisotopic (exact) mass is 264 g/mol. The van der Waals surface area contributed by atoms with E-state index in [0.29, 0.717) is 5.95 Å². The molecular weight excluding hydrogens is 240 g/mol. The molecule has 19 heavy (non-hydrogen) atoms. The van der Waals surface area contributed by atoms with Gasteiger partial charge in [-0.1, -0.05) is 0 Å². The Morgan fingerprint density at radius 2 is 1.89 bits per heavy atom. The number of likely N-dealkylation sites (tertiary alicyclic amines) is 1. The molecular formula is C13H24N6. The topological polar surface area (TPSA) is 79.1 Å². The van der Waals surface area contributed by atoms with Crippen molar-refractivity contribution in [3.63, 3.8) is 0 Å². The lowest BCUT2D eigenvalue weighted by molar-refractivity contribution is 0.337. The molecule has 0 saturated carbocycles. The number of nitrogens with two attached hydrogens (primary N) is 1. The third-order valence-corrected chi connectivity index (χ3v) is 3.26. The molecule has 0 spiro atoms. The molecule has 0 aliphatic carbocycles. The third-order valence-electron chi connectivity index (χ3n) is 3.26. The van der Waals surface area contributed by atoms with Crippen LogP contribution in [0.5, 0.6) is 0 Å². The molecule has 0 bridgehead atoms. The SMILES string of the molecule is CCNc1cc(NCCCN2CCCC2)nc(N)n1. The van der Waals surface area contributed by atoms with Crippen molar-refractivity contribution < 1.29 is 0 Å². The summed E-state index contributed by atoms with van der Waals surface area (Å²) in [5, 5.41) is 6.46. The first kappa shape index (κ1) is 13.9. The molecule has 2 heterocycles. The molecule has 6 nitrogen and oxygen atoms in total. The molecule has 0 radical (unpaired) electrons. The number of nitrogens with one attached hydrogen (secondary N) is 2. The third kappa shape index (κ3) is 4.55. The normalized spacial score (nSPS) is 15.6. The molecule has 2 rings (SSSR count). The van der Waals surface area contributed by atoms with Gasteiger partial charge in [0.15, 0.2) is 0 Å².